The van der Waals surface area contributed by atoms with Crippen molar-refractivity contribution in [3.63, 3.8) is 0 Å². The largest absolute Gasteiger partial charge is 0.493 e. The van der Waals surface area contributed by atoms with Crippen molar-refractivity contribution >= 4 is 23.7 Å². The number of methoxy groups -OCH3 is 1. The first-order chi connectivity index (χ1) is 8.76. The fraction of sp³-hybridized carbons (Fsp3) is 0.286. The maximum Gasteiger partial charge on any atom is 0.161 e. The fourth-order valence-corrected chi connectivity index (χ4v) is 2.50. The molecule has 5 heteroatoms. The molecule has 0 aliphatic carbocycles. The summed E-state index contributed by atoms with van der Waals surface area (Å²) in [6.07, 6.45) is 0. The monoisotopic (exact) mass is 299 g/mol. The lowest BCUT2D eigenvalue weighted by molar-refractivity contribution is 0.310. The summed E-state index contributed by atoms with van der Waals surface area (Å²) in [5.41, 5.74) is 8.37. The fourth-order valence-electron chi connectivity index (χ4n) is 1.80. The van der Waals surface area contributed by atoms with Gasteiger partial charge in [0, 0.05) is 0 Å². The zero-order valence-corrected chi connectivity index (χ0v) is 12.6. The first-order valence-electron chi connectivity index (χ1n) is 5.84. The summed E-state index contributed by atoms with van der Waals surface area (Å²) >= 11 is 1.65. The molecule has 0 aliphatic heterocycles. The van der Waals surface area contributed by atoms with Gasteiger partial charge in [-0.05, 0) is 47.0 Å². The van der Waals surface area contributed by atoms with E-state index in [1.54, 1.807) is 18.4 Å². The molecule has 2 N–H and O–H groups in total. The van der Waals surface area contributed by atoms with Crippen molar-refractivity contribution in [2.24, 2.45) is 5.73 Å². The third-order valence-electron chi connectivity index (χ3n) is 2.75. The lowest BCUT2D eigenvalue weighted by Crippen LogP contribution is -2.11. The minimum absolute atomic E-state index is 0. The molecule has 1 heterocycles. The molecular weight excluding hydrogens is 282 g/mol. The summed E-state index contributed by atoms with van der Waals surface area (Å²) in [6, 6.07) is 7.74. The van der Waals surface area contributed by atoms with Crippen LogP contribution < -0.4 is 15.2 Å². The Kier molecular flexibility index (Phi) is 6.15. The molecule has 0 radical (unpaired) electrons. The number of ether oxygens (including phenoxy) is 2. The molecule has 1 atom stereocenters. The van der Waals surface area contributed by atoms with Gasteiger partial charge in [-0.15, -0.1) is 12.4 Å². The molecule has 1 aromatic carbocycles. The molecule has 2 aromatic rings. The van der Waals surface area contributed by atoms with Crippen molar-refractivity contribution in [2.75, 3.05) is 13.7 Å². The van der Waals surface area contributed by atoms with E-state index in [2.05, 4.69) is 5.38 Å². The van der Waals surface area contributed by atoms with Crippen molar-refractivity contribution in [1.29, 1.82) is 0 Å². The maximum absolute atomic E-state index is 6.23. The van der Waals surface area contributed by atoms with E-state index in [0.717, 1.165) is 22.6 Å². The Morgan fingerprint density at radius 2 is 2.00 bits per heavy atom. The smallest absolute Gasteiger partial charge is 0.161 e. The highest BCUT2D eigenvalue weighted by molar-refractivity contribution is 7.08. The predicted octanol–water partition coefficient (Wildman–Crippen LogP) is 3.63. The van der Waals surface area contributed by atoms with Crippen LogP contribution in [-0.2, 0) is 0 Å². The first-order valence-corrected chi connectivity index (χ1v) is 6.79. The van der Waals surface area contributed by atoms with Gasteiger partial charge in [-0.2, -0.15) is 11.3 Å². The van der Waals surface area contributed by atoms with Gasteiger partial charge in [0.25, 0.3) is 0 Å². The topological polar surface area (TPSA) is 44.5 Å². The summed E-state index contributed by atoms with van der Waals surface area (Å²) in [4.78, 5) is 0. The molecule has 3 nitrogen and oxygen atoms in total. The lowest BCUT2D eigenvalue weighted by Gasteiger charge is -2.14. The van der Waals surface area contributed by atoms with Gasteiger partial charge < -0.3 is 15.2 Å². The first kappa shape index (κ1) is 15.8. The van der Waals surface area contributed by atoms with Crippen LogP contribution in [0.4, 0.5) is 0 Å². The number of thiophene rings is 1. The van der Waals surface area contributed by atoms with E-state index in [4.69, 9.17) is 15.2 Å². The van der Waals surface area contributed by atoms with E-state index < -0.39 is 0 Å². The Morgan fingerprint density at radius 3 is 2.58 bits per heavy atom. The number of hydrogen-bond acceptors (Lipinski definition) is 4. The second-order valence-corrected chi connectivity index (χ2v) is 4.66. The van der Waals surface area contributed by atoms with Gasteiger partial charge in [0.15, 0.2) is 11.5 Å². The molecule has 0 unspecified atom stereocenters. The van der Waals surface area contributed by atoms with E-state index in [-0.39, 0.29) is 18.4 Å². The molecule has 0 saturated heterocycles. The van der Waals surface area contributed by atoms with Gasteiger partial charge in [-0.25, -0.2) is 0 Å². The molecule has 0 fully saturated rings. The zero-order valence-electron chi connectivity index (χ0n) is 11.0. The Bertz CT molecular complexity index is 502. The van der Waals surface area contributed by atoms with E-state index in [1.165, 1.54) is 0 Å². The summed E-state index contributed by atoms with van der Waals surface area (Å²) in [5, 5.41) is 4.09. The highest BCUT2D eigenvalue weighted by Gasteiger charge is 2.12. The van der Waals surface area contributed by atoms with Crippen molar-refractivity contribution in [3.05, 3.63) is 46.2 Å². The van der Waals surface area contributed by atoms with Crippen LogP contribution in [0.1, 0.15) is 24.1 Å². The summed E-state index contributed by atoms with van der Waals surface area (Å²) in [5.74, 6) is 1.47. The van der Waals surface area contributed by atoms with Crippen molar-refractivity contribution in [3.8, 4) is 11.5 Å². The zero-order chi connectivity index (χ0) is 13.0. The van der Waals surface area contributed by atoms with Gasteiger partial charge in [-0.1, -0.05) is 6.07 Å². The molecular formula is C14H18ClNO2S. The highest BCUT2D eigenvalue weighted by atomic mass is 35.5. The molecule has 2 rings (SSSR count). The van der Waals surface area contributed by atoms with Gasteiger partial charge in [-0.3, -0.25) is 0 Å². The highest BCUT2D eigenvalue weighted by Crippen LogP contribution is 2.32. The standard InChI is InChI=1S/C14H17NO2S.ClH/c1-3-17-13-8-10(4-5-12(13)16-2)14(15)11-6-7-18-9-11;/h4-9,14H,3,15H2,1-2H3;1H/t14-;/m1./s1. The molecule has 19 heavy (non-hydrogen) atoms. The van der Waals surface area contributed by atoms with E-state index in [9.17, 15) is 0 Å². The summed E-state index contributed by atoms with van der Waals surface area (Å²) in [6.45, 7) is 2.55. The summed E-state index contributed by atoms with van der Waals surface area (Å²) in [7, 11) is 1.64. The van der Waals surface area contributed by atoms with Crippen LogP contribution in [0.15, 0.2) is 35.0 Å². The number of rotatable bonds is 5. The van der Waals surface area contributed by atoms with Gasteiger partial charge >= 0.3 is 0 Å². The van der Waals surface area contributed by atoms with Crippen molar-refractivity contribution in [1.82, 2.24) is 0 Å². The van der Waals surface area contributed by atoms with E-state index in [0.29, 0.717) is 6.61 Å². The minimum Gasteiger partial charge on any atom is -0.493 e. The van der Waals surface area contributed by atoms with Gasteiger partial charge in [0.2, 0.25) is 0 Å². The molecule has 0 spiro atoms. The van der Waals surface area contributed by atoms with Crippen molar-refractivity contribution in [2.45, 2.75) is 13.0 Å². The molecule has 104 valence electrons. The number of benzene rings is 1. The SMILES string of the molecule is CCOc1cc([C@@H](N)c2ccsc2)ccc1OC.Cl. The Balaban J connectivity index is 0.00000180. The van der Waals surface area contributed by atoms with Crippen LogP contribution in [0.5, 0.6) is 11.5 Å². The Morgan fingerprint density at radius 1 is 1.21 bits per heavy atom. The van der Waals surface area contributed by atoms with Crippen LogP contribution in [0, 0.1) is 0 Å². The molecule has 1 aromatic heterocycles. The molecule has 0 amide bonds. The van der Waals surface area contributed by atoms with Crippen LogP contribution in [0.3, 0.4) is 0 Å². The maximum atomic E-state index is 6.23. The van der Waals surface area contributed by atoms with Crippen LogP contribution in [0.2, 0.25) is 0 Å². The second kappa shape index (κ2) is 7.38. The normalized spacial score (nSPS) is 11.5. The molecule has 0 bridgehead atoms. The predicted molar refractivity (Wildman–Crippen MR) is 81.8 cm³/mol. The molecule has 0 saturated carbocycles. The minimum atomic E-state index is -0.124. The quantitative estimate of drug-likeness (QED) is 0.917. The second-order valence-electron chi connectivity index (χ2n) is 3.88. The Hall–Kier alpha value is -1.23. The van der Waals surface area contributed by atoms with Crippen LogP contribution in [0.25, 0.3) is 0 Å². The average molecular weight is 300 g/mol. The van der Waals surface area contributed by atoms with Gasteiger partial charge in [0.05, 0.1) is 19.8 Å². The number of nitrogens with two attached hydrogens (primary N) is 1. The molecule has 0 aliphatic rings. The van der Waals surface area contributed by atoms with Gasteiger partial charge in [0.1, 0.15) is 0 Å². The third-order valence-corrected chi connectivity index (χ3v) is 3.45. The van der Waals surface area contributed by atoms with Crippen LogP contribution >= 0.6 is 23.7 Å². The average Bonchev–Trinajstić information content (AvgIpc) is 2.92. The van der Waals surface area contributed by atoms with E-state index >= 15 is 0 Å². The summed E-state index contributed by atoms with van der Waals surface area (Å²) < 4.78 is 10.8. The third kappa shape index (κ3) is 3.62. The van der Waals surface area contributed by atoms with E-state index in [1.807, 2.05) is 36.6 Å². The van der Waals surface area contributed by atoms with Crippen LogP contribution in [-0.4, -0.2) is 13.7 Å². The lowest BCUT2D eigenvalue weighted by atomic mass is 10.0. The number of halogens is 1. The Labute approximate surface area is 123 Å². The van der Waals surface area contributed by atoms with Crippen molar-refractivity contribution < 1.29 is 9.47 Å². The number of hydrogen-bond donors (Lipinski definition) is 1.